The van der Waals surface area contributed by atoms with Crippen molar-refractivity contribution < 1.29 is 0 Å². The van der Waals surface area contributed by atoms with Gasteiger partial charge < -0.3 is 0 Å². The van der Waals surface area contributed by atoms with Gasteiger partial charge in [-0.15, -0.1) is 0 Å². The molecule has 4 heteroatoms. The van der Waals surface area contributed by atoms with E-state index in [-0.39, 0.29) is 0 Å². The van der Waals surface area contributed by atoms with Crippen LogP contribution in [0.5, 0.6) is 0 Å². The molecule has 2 atom stereocenters. The van der Waals surface area contributed by atoms with Gasteiger partial charge in [-0.25, -0.2) is 9.97 Å². The van der Waals surface area contributed by atoms with Crippen LogP contribution in [-0.4, -0.2) is 34.0 Å². The maximum atomic E-state index is 4.38. The van der Waals surface area contributed by atoms with Crippen molar-refractivity contribution in [3.05, 3.63) is 28.8 Å². The number of nitrogens with zero attached hydrogens (tertiary/aromatic N) is 3. The molecule has 1 aromatic heterocycles. The Hall–Kier alpha value is -0.740. The summed E-state index contributed by atoms with van der Waals surface area (Å²) in [6.07, 6.45) is 9.53. The summed E-state index contributed by atoms with van der Waals surface area (Å²) in [5.74, 6) is 0. The minimum absolute atomic E-state index is 0.607. The Kier molecular flexibility index (Phi) is 2.56. The molecule has 1 aromatic rings. The second kappa shape index (κ2) is 3.93. The molecule has 0 spiro atoms. The predicted octanol–water partition coefficient (Wildman–Crippen LogP) is 2.49. The first-order chi connectivity index (χ1) is 7.75. The summed E-state index contributed by atoms with van der Waals surface area (Å²) < 4.78 is 1.00. The number of fused-ring (bicyclic) bond motifs is 2. The first-order valence-corrected chi connectivity index (χ1v) is 6.43. The quantitative estimate of drug-likeness (QED) is 0.791. The highest BCUT2D eigenvalue weighted by atomic mass is 79.9. The van der Waals surface area contributed by atoms with Crippen LogP contribution < -0.4 is 0 Å². The number of likely N-dealkylation sites (N-methyl/N-ethyl adjacent to an activating group) is 1. The van der Waals surface area contributed by atoms with Crippen molar-refractivity contribution in [2.75, 3.05) is 7.05 Å². The van der Waals surface area contributed by atoms with Gasteiger partial charge in [-0.1, -0.05) is 6.08 Å². The van der Waals surface area contributed by atoms with E-state index in [1.165, 1.54) is 18.4 Å². The van der Waals surface area contributed by atoms with Gasteiger partial charge in [0.1, 0.15) is 6.33 Å². The molecule has 2 bridgehead atoms. The lowest BCUT2D eigenvalue weighted by Gasteiger charge is -2.30. The van der Waals surface area contributed by atoms with Gasteiger partial charge in [0.15, 0.2) is 0 Å². The minimum atomic E-state index is 0.607. The Morgan fingerprint density at radius 2 is 2.31 bits per heavy atom. The van der Waals surface area contributed by atoms with Gasteiger partial charge in [0.2, 0.25) is 0 Å². The summed E-state index contributed by atoms with van der Waals surface area (Å²) in [6, 6.07) is 1.31. The molecular weight excluding hydrogens is 266 g/mol. The predicted molar refractivity (Wildman–Crippen MR) is 66.9 cm³/mol. The van der Waals surface area contributed by atoms with Crippen LogP contribution in [-0.2, 0) is 0 Å². The lowest BCUT2D eigenvalue weighted by molar-refractivity contribution is 0.264. The van der Waals surface area contributed by atoms with Gasteiger partial charge in [0, 0.05) is 18.3 Å². The average molecular weight is 280 g/mol. The third-order valence-electron chi connectivity index (χ3n) is 3.72. The number of aromatic nitrogens is 2. The van der Waals surface area contributed by atoms with Crippen LogP contribution >= 0.6 is 15.9 Å². The Morgan fingerprint density at radius 1 is 1.44 bits per heavy atom. The zero-order chi connectivity index (χ0) is 11.1. The van der Waals surface area contributed by atoms with Gasteiger partial charge in [0.05, 0.1) is 10.2 Å². The van der Waals surface area contributed by atoms with Crippen molar-refractivity contribution in [2.45, 2.75) is 31.3 Å². The highest BCUT2D eigenvalue weighted by Crippen LogP contribution is 2.38. The molecule has 3 heterocycles. The number of rotatable bonds is 1. The van der Waals surface area contributed by atoms with Crippen molar-refractivity contribution >= 4 is 21.5 Å². The summed E-state index contributed by atoms with van der Waals surface area (Å²) in [5, 5.41) is 0. The van der Waals surface area contributed by atoms with E-state index < -0.39 is 0 Å². The third-order valence-corrected chi connectivity index (χ3v) is 4.30. The van der Waals surface area contributed by atoms with Crippen LogP contribution in [0.3, 0.4) is 0 Å². The molecule has 0 amide bonds. The van der Waals surface area contributed by atoms with Crippen LogP contribution in [0.15, 0.2) is 23.1 Å². The van der Waals surface area contributed by atoms with Crippen LogP contribution in [0.1, 0.15) is 25.0 Å². The monoisotopic (exact) mass is 279 g/mol. The topological polar surface area (TPSA) is 29.0 Å². The van der Waals surface area contributed by atoms with Crippen molar-refractivity contribution in [3.8, 4) is 0 Å². The molecule has 0 aromatic carbocycles. The maximum Gasteiger partial charge on any atom is 0.116 e. The van der Waals surface area contributed by atoms with E-state index in [0.29, 0.717) is 12.1 Å². The molecule has 16 heavy (non-hydrogen) atoms. The molecule has 2 aliphatic heterocycles. The fraction of sp³-hybridized carbons (Fsp3) is 0.500. The maximum absolute atomic E-state index is 4.38. The molecule has 84 valence electrons. The summed E-state index contributed by atoms with van der Waals surface area (Å²) in [5.41, 5.74) is 2.44. The SMILES string of the molecule is CN1C2C=C(c3ncncc3Br)CC1CC2. The molecule has 2 aliphatic rings. The fourth-order valence-electron chi connectivity index (χ4n) is 2.77. The van der Waals surface area contributed by atoms with Crippen LogP contribution in [0.25, 0.3) is 5.57 Å². The van der Waals surface area contributed by atoms with Gasteiger partial charge in [-0.05, 0) is 47.8 Å². The number of halogens is 1. The van der Waals surface area contributed by atoms with Crippen LogP contribution in [0.4, 0.5) is 0 Å². The van der Waals surface area contributed by atoms with Gasteiger partial charge in [-0.2, -0.15) is 0 Å². The Morgan fingerprint density at radius 3 is 3.06 bits per heavy atom. The molecular formula is C12H14BrN3. The fourth-order valence-corrected chi connectivity index (χ4v) is 3.24. The molecule has 0 aliphatic carbocycles. The normalized spacial score (nSPS) is 29.2. The minimum Gasteiger partial charge on any atom is -0.297 e. The summed E-state index contributed by atoms with van der Waals surface area (Å²) >= 11 is 3.53. The first kappa shape index (κ1) is 10.4. The van der Waals surface area contributed by atoms with E-state index in [1.54, 1.807) is 6.33 Å². The zero-order valence-corrected chi connectivity index (χ0v) is 10.8. The van der Waals surface area contributed by atoms with Crippen molar-refractivity contribution in [2.24, 2.45) is 0 Å². The number of hydrogen-bond donors (Lipinski definition) is 0. The van der Waals surface area contributed by atoms with Crippen molar-refractivity contribution in [3.63, 3.8) is 0 Å². The standard InChI is InChI=1S/C12H14BrN3/c1-16-9-2-3-10(16)5-8(4-9)12-11(13)6-14-7-15-12/h4,6-7,9-10H,2-3,5H2,1H3. The van der Waals surface area contributed by atoms with E-state index in [1.807, 2.05) is 6.20 Å². The summed E-state index contributed by atoms with van der Waals surface area (Å²) in [6.45, 7) is 0. The highest BCUT2D eigenvalue weighted by molar-refractivity contribution is 9.10. The Balaban J connectivity index is 1.98. The van der Waals surface area contributed by atoms with Gasteiger partial charge >= 0.3 is 0 Å². The van der Waals surface area contributed by atoms with Gasteiger partial charge in [-0.3, -0.25) is 4.90 Å². The molecule has 2 unspecified atom stereocenters. The second-order valence-corrected chi connectivity index (χ2v) is 5.43. The number of hydrogen-bond acceptors (Lipinski definition) is 3. The molecule has 3 nitrogen and oxygen atoms in total. The van der Waals surface area contributed by atoms with E-state index in [4.69, 9.17) is 0 Å². The lowest BCUT2D eigenvalue weighted by atomic mass is 9.99. The molecule has 1 fully saturated rings. The third kappa shape index (κ3) is 1.60. The molecule has 0 saturated carbocycles. The Bertz CT molecular complexity index is 444. The van der Waals surface area contributed by atoms with Gasteiger partial charge in [0.25, 0.3) is 0 Å². The van der Waals surface area contributed by atoms with E-state index in [9.17, 15) is 0 Å². The smallest absolute Gasteiger partial charge is 0.116 e. The van der Waals surface area contributed by atoms with E-state index in [0.717, 1.165) is 16.6 Å². The second-order valence-electron chi connectivity index (χ2n) is 4.58. The van der Waals surface area contributed by atoms with Crippen molar-refractivity contribution in [1.29, 1.82) is 0 Å². The van der Waals surface area contributed by atoms with Crippen molar-refractivity contribution in [1.82, 2.24) is 14.9 Å². The average Bonchev–Trinajstić information content (AvgIpc) is 2.53. The first-order valence-electron chi connectivity index (χ1n) is 5.64. The largest absolute Gasteiger partial charge is 0.297 e. The summed E-state index contributed by atoms with van der Waals surface area (Å²) in [7, 11) is 2.23. The molecule has 1 saturated heterocycles. The van der Waals surface area contributed by atoms with E-state index in [2.05, 4.69) is 43.9 Å². The van der Waals surface area contributed by atoms with Crippen LogP contribution in [0.2, 0.25) is 0 Å². The molecule has 0 N–H and O–H groups in total. The van der Waals surface area contributed by atoms with Crippen LogP contribution in [0, 0.1) is 0 Å². The van der Waals surface area contributed by atoms with E-state index >= 15 is 0 Å². The highest BCUT2D eigenvalue weighted by Gasteiger charge is 2.34. The Labute approximate surface area is 104 Å². The lowest BCUT2D eigenvalue weighted by Crippen LogP contribution is -2.34. The molecule has 0 radical (unpaired) electrons. The summed E-state index contributed by atoms with van der Waals surface area (Å²) in [4.78, 5) is 10.9. The zero-order valence-electron chi connectivity index (χ0n) is 9.23. The molecule has 3 rings (SSSR count).